The van der Waals surface area contributed by atoms with Crippen molar-refractivity contribution in [3.8, 4) is 0 Å². The first-order valence-electron chi connectivity index (χ1n) is 7.31. The fourth-order valence-electron chi connectivity index (χ4n) is 4.01. The lowest BCUT2D eigenvalue weighted by atomic mass is 9.84. The third kappa shape index (κ3) is 2.50. The Morgan fingerprint density at radius 1 is 1.40 bits per heavy atom. The Hall–Kier alpha value is -0.900. The first kappa shape index (κ1) is 14.1. The first-order chi connectivity index (χ1) is 9.56. The van der Waals surface area contributed by atoms with E-state index in [1.54, 1.807) is 12.1 Å². The average molecular weight is 340 g/mol. The summed E-state index contributed by atoms with van der Waals surface area (Å²) in [7, 11) is 0. The van der Waals surface area contributed by atoms with Gasteiger partial charge in [0.15, 0.2) is 0 Å². The van der Waals surface area contributed by atoms with Crippen molar-refractivity contribution in [2.24, 2.45) is 17.8 Å². The summed E-state index contributed by atoms with van der Waals surface area (Å²) in [5, 5.41) is 3.00. The number of benzene rings is 1. The van der Waals surface area contributed by atoms with E-state index in [1.165, 1.54) is 31.7 Å². The molecule has 1 aromatic rings. The van der Waals surface area contributed by atoms with Gasteiger partial charge in [-0.25, -0.2) is 4.39 Å². The molecule has 2 aliphatic carbocycles. The molecule has 0 aromatic heterocycles. The molecule has 0 aliphatic heterocycles. The molecule has 2 aliphatic rings. The van der Waals surface area contributed by atoms with Crippen LogP contribution < -0.4 is 5.32 Å². The third-order valence-electron chi connectivity index (χ3n) is 4.98. The summed E-state index contributed by atoms with van der Waals surface area (Å²) in [5.74, 6) is 1.37. The van der Waals surface area contributed by atoms with Gasteiger partial charge in [0.1, 0.15) is 5.82 Å². The molecule has 4 heteroatoms. The van der Waals surface area contributed by atoms with E-state index in [9.17, 15) is 9.18 Å². The van der Waals surface area contributed by atoms with E-state index < -0.39 is 5.82 Å². The van der Waals surface area contributed by atoms with Gasteiger partial charge in [0.2, 0.25) is 0 Å². The van der Waals surface area contributed by atoms with Gasteiger partial charge in [-0.2, -0.15) is 0 Å². The Balaban J connectivity index is 1.70. The molecule has 0 spiro atoms. The molecule has 0 saturated heterocycles. The lowest BCUT2D eigenvalue weighted by Crippen LogP contribution is -2.40. The molecule has 0 heterocycles. The number of hydrogen-bond acceptors (Lipinski definition) is 1. The maximum Gasteiger partial charge on any atom is 0.255 e. The van der Waals surface area contributed by atoms with Crippen molar-refractivity contribution < 1.29 is 9.18 Å². The maximum absolute atomic E-state index is 13.8. The summed E-state index contributed by atoms with van der Waals surface area (Å²) in [4.78, 5) is 12.3. The number of amides is 1. The van der Waals surface area contributed by atoms with Gasteiger partial charge < -0.3 is 5.32 Å². The third-order valence-corrected chi connectivity index (χ3v) is 5.64. The second-order valence-electron chi connectivity index (χ2n) is 6.20. The zero-order valence-electron chi connectivity index (χ0n) is 11.5. The van der Waals surface area contributed by atoms with E-state index in [4.69, 9.17) is 0 Å². The van der Waals surface area contributed by atoms with Crippen LogP contribution in [0.5, 0.6) is 0 Å². The minimum absolute atomic E-state index is 0.113. The standard InChI is InChI=1S/C16H19BrFNO/c1-9(12-8-10-5-6-11(12)7-10)19-16(20)15-13(17)3-2-4-14(15)18/h2-4,9-12H,5-8H2,1H3,(H,19,20). The van der Waals surface area contributed by atoms with Gasteiger partial charge in [-0.3, -0.25) is 4.79 Å². The molecule has 2 bridgehead atoms. The van der Waals surface area contributed by atoms with Crippen LogP contribution in [0.25, 0.3) is 0 Å². The van der Waals surface area contributed by atoms with Crippen LogP contribution in [0.1, 0.15) is 43.0 Å². The topological polar surface area (TPSA) is 29.1 Å². The monoisotopic (exact) mass is 339 g/mol. The van der Waals surface area contributed by atoms with Crippen molar-refractivity contribution in [1.82, 2.24) is 5.32 Å². The molecule has 4 unspecified atom stereocenters. The van der Waals surface area contributed by atoms with Crippen LogP contribution in [0.4, 0.5) is 4.39 Å². The predicted molar refractivity (Wildman–Crippen MR) is 80.0 cm³/mol. The number of nitrogens with one attached hydrogen (secondary N) is 1. The van der Waals surface area contributed by atoms with Crippen molar-refractivity contribution in [2.75, 3.05) is 0 Å². The Morgan fingerprint density at radius 3 is 2.80 bits per heavy atom. The SMILES string of the molecule is CC(NC(=O)c1c(F)cccc1Br)C1CC2CCC1C2. The second kappa shape index (κ2) is 5.47. The predicted octanol–water partition coefficient (Wildman–Crippen LogP) is 4.14. The quantitative estimate of drug-likeness (QED) is 0.880. The van der Waals surface area contributed by atoms with Crippen molar-refractivity contribution >= 4 is 21.8 Å². The van der Waals surface area contributed by atoms with E-state index in [-0.39, 0.29) is 17.5 Å². The van der Waals surface area contributed by atoms with Crippen LogP contribution >= 0.6 is 15.9 Å². The number of halogens is 2. The molecule has 1 N–H and O–H groups in total. The average Bonchev–Trinajstić information content (AvgIpc) is 3.00. The summed E-state index contributed by atoms with van der Waals surface area (Å²) < 4.78 is 14.3. The van der Waals surface area contributed by atoms with Gasteiger partial charge in [-0.05, 0) is 72.0 Å². The largest absolute Gasteiger partial charge is 0.349 e. The van der Waals surface area contributed by atoms with Crippen molar-refractivity contribution in [2.45, 2.75) is 38.6 Å². The molecule has 4 atom stereocenters. The molecule has 0 radical (unpaired) electrons. The summed E-state index contributed by atoms with van der Waals surface area (Å²) in [5.41, 5.74) is 0.113. The van der Waals surface area contributed by atoms with Gasteiger partial charge in [-0.1, -0.05) is 12.5 Å². The van der Waals surface area contributed by atoms with Crippen LogP contribution in [0, 0.1) is 23.6 Å². The minimum Gasteiger partial charge on any atom is -0.349 e. The van der Waals surface area contributed by atoms with Crippen molar-refractivity contribution in [3.63, 3.8) is 0 Å². The summed E-state index contributed by atoms with van der Waals surface area (Å²) in [6, 6.07) is 4.72. The van der Waals surface area contributed by atoms with Crippen molar-refractivity contribution in [3.05, 3.63) is 34.1 Å². The summed E-state index contributed by atoms with van der Waals surface area (Å²) in [6.45, 7) is 2.05. The van der Waals surface area contributed by atoms with Crippen LogP contribution in [0.3, 0.4) is 0 Å². The number of carbonyl (C=O) groups excluding carboxylic acids is 1. The van der Waals surface area contributed by atoms with Crippen molar-refractivity contribution in [1.29, 1.82) is 0 Å². The highest BCUT2D eigenvalue weighted by Crippen LogP contribution is 2.49. The zero-order chi connectivity index (χ0) is 14.3. The Labute approximate surface area is 127 Å². The number of rotatable bonds is 3. The molecular formula is C16H19BrFNO. The Bertz CT molecular complexity index is 513. The van der Waals surface area contributed by atoms with E-state index in [0.29, 0.717) is 10.4 Å². The number of carbonyl (C=O) groups is 1. The lowest BCUT2D eigenvalue weighted by Gasteiger charge is -2.28. The minimum atomic E-state index is -0.475. The Kier molecular flexibility index (Phi) is 3.85. The molecule has 108 valence electrons. The molecule has 1 amide bonds. The van der Waals surface area contributed by atoms with Crippen LogP contribution in [-0.4, -0.2) is 11.9 Å². The van der Waals surface area contributed by atoms with Gasteiger partial charge in [-0.15, -0.1) is 0 Å². The molecule has 1 aromatic carbocycles. The Morgan fingerprint density at radius 2 is 2.20 bits per heavy atom. The summed E-state index contributed by atoms with van der Waals surface area (Å²) in [6.07, 6.45) is 5.17. The normalized spacial score (nSPS) is 29.4. The molecule has 3 rings (SSSR count). The maximum atomic E-state index is 13.8. The van der Waals surface area contributed by atoms with Gasteiger partial charge in [0.25, 0.3) is 5.91 Å². The summed E-state index contributed by atoms with van der Waals surface area (Å²) >= 11 is 3.25. The molecule has 2 saturated carbocycles. The molecular weight excluding hydrogens is 321 g/mol. The highest BCUT2D eigenvalue weighted by molar-refractivity contribution is 9.10. The van der Waals surface area contributed by atoms with E-state index in [1.807, 2.05) is 0 Å². The van der Waals surface area contributed by atoms with Crippen LogP contribution in [-0.2, 0) is 0 Å². The highest BCUT2D eigenvalue weighted by atomic mass is 79.9. The number of fused-ring (bicyclic) bond motifs is 2. The van der Waals surface area contributed by atoms with Crippen LogP contribution in [0.2, 0.25) is 0 Å². The zero-order valence-corrected chi connectivity index (χ0v) is 13.1. The smallest absolute Gasteiger partial charge is 0.255 e. The fraction of sp³-hybridized carbons (Fsp3) is 0.562. The highest BCUT2D eigenvalue weighted by Gasteiger charge is 2.42. The van der Waals surface area contributed by atoms with E-state index in [0.717, 1.165) is 11.8 Å². The van der Waals surface area contributed by atoms with Gasteiger partial charge in [0, 0.05) is 10.5 Å². The van der Waals surface area contributed by atoms with Gasteiger partial charge >= 0.3 is 0 Å². The van der Waals surface area contributed by atoms with E-state index in [2.05, 4.69) is 28.2 Å². The van der Waals surface area contributed by atoms with Gasteiger partial charge in [0.05, 0.1) is 5.56 Å². The van der Waals surface area contributed by atoms with Crippen LogP contribution in [0.15, 0.2) is 22.7 Å². The number of hydrogen-bond donors (Lipinski definition) is 1. The molecule has 20 heavy (non-hydrogen) atoms. The first-order valence-corrected chi connectivity index (χ1v) is 8.10. The second-order valence-corrected chi connectivity index (χ2v) is 7.05. The molecule has 2 nitrogen and oxygen atoms in total. The fourth-order valence-corrected chi connectivity index (χ4v) is 4.53. The molecule has 2 fully saturated rings. The lowest BCUT2D eigenvalue weighted by molar-refractivity contribution is 0.0910. The van der Waals surface area contributed by atoms with E-state index >= 15 is 0 Å².